The van der Waals surface area contributed by atoms with E-state index in [2.05, 4.69) is 36.4 Å². The summed E-state index contributed by atoms with van der Waals surface area (Å²) >= 11 is 0. The molecule has 10 heavy (non-hydrogen) atoms. The van der Waals surface area contributed by atoms with E-state index in [-0.39, 0.29) is 0 Å². The number of rotatable bonds is 0. The van der Waals surface area contributed by atoms with Gasteiger partial charge in [0.1, 0.15) is 9.12 Å². The van der Waals surface area contributed by atoms with Crippen molar-refractivity contribution in [1.29, 1.82) is 0 Å². The second-order valence-corrected chi connectivity index (χ2v) is 1.96. The first-order valence-electron chi connectivity index (χ1n) is 2.94. The molecule has 1 aliphatic rings. The van der Waals surface area contributed by atoms with Crippen LogP contribution in [0.3, 0.4) is 0 Å². The van der Waals surface area contributed by atoms with Gasteiger partial charge in [-0.2, -0.15) is 0 Å². The van der Waals surface area contributed by atoms with Gasteiger partial charge in [-0.25, -0.2) is 0 Å². The molecule has 1 aromatic carbocycles. The van der Waals surface area contributed by atoms with Gasteiger partial charge < -0.3 is 0 Å². The Kier molecular flexibility index (Phi) is 2.35. The molecule has 0 unspecified atom stereocenters. The lowest BCUT2D eigenvalue weighted by Gasteiger charge is -2.06. The van der Waals surface area contributed by atoms with Gasteiger partial charge >= 0.3 is 0 Å². The van der Waals surface area contributed by atoms with Crippen molar-refractivity contribution < 1.29 is 4.57 Å². The molecule has 1 aliphatic carbocycles. The van der Waals surface area contributed by atoms with Crippen molar-refractivity contribution in [2.24, 2.45) is 0 Å². The van der Waals surface area contributed by atoms with Gasteiger partial charge in [0, 0.05) is 0 Å². The molecule has 50 valence electrons. The average molecular weight is 150 g/mol. The molecule has 0 saturated heterocycles. The maximum absolute atomic E-state index is 8.06. The van der Waals surface area contributed by atoms with Crippen LogP contribution >= 0.6 is 9.12 Å². The lowest BCUT2D eigenvalue weighted by atomic mass is 9.99. The zero-order valence-electron chi connectivity index (χ0n) is 5.37. The van der Waals surface area contributed by atoms with E-state index >= 15 is 0 Å². The molecule has 0 saturated carbocycles. The second kappa shape index (κ2) is 3.28. The van der Waals surface area contributed by atoms with Gasteiger partial charge in [-0.15, -0.1) is 0 Å². The van der Waals surface area contributed by atoms with Gasteiger partial charge in [-0.05, 0) is 11.1 Å². The fourth-order valence-corrected chi connectivity index (χ4v) is 0.898. The van der Waals surface area contributed by atoms with Gasteiger partial charge in [0.15, 0.2) is 0 Å². The summed E-state index contributed by atoms with van der Waals surface area (Å²) in [5.41, 5.74) is 2.74. The predicted octanol–water partition coefficient (Wildman–Crippen LogP) is 2.65. The fourth-order valence-electron chi connectivity index (χ4n) is 0.898. The number of benzene rings is 1. The largest absolute Gasteiger partial charge is 0.279 e. The zero-order valence-corrected chi connectivity index (χ0v) is 6.37. The van der Waals surface area contributed by atoms with Crippen LogP contribution in [0.4, 0.5) is 0 Å². The zero-order chi connectivity index (χ0) is 7.40. The van der Waals surface area contributed by atoms with Crippen molar-refractivity contribution in [1.82, 2.24) is 0 Å². The van der Waals surface area contributed by atoms with Crippen LogP contribution in [0.2, 0.25) is 0 Å². The Hall–Kier alpha value is -0.940. The molecule has 0 amide bonds. The van der Waals surface area contributed by atoms with Crippen molar-refractivity contribution in [2.45, 2.75) is 0 Å². The van der Waals surface area contributed by atoms with Crippen LogP contribution < -0.4 is 0 Å². The molecular weight excluding hydrogens is 143 g/mol. The molecule has 2 rings (SSSR count). The molecule has 0 atom stereocenters. The average Bonchev–Trinajstić information content (AvgIpc) is 1.96. The van der Waals surface area contributed by atoms with Crippen LogP contribution in [-0.2, 0) is 4.57 Å². The highest BCUT2D eigenvalue weighted by molar-refractivity contribution is 7.00. The Balaban J connectivity index is 0.000000231. The van der Waals surface area contributed by atoms with Crippen LogP contribution in [0.25, 0.3) is 12.2 Å². The number of hydrogen-bond acceptors (Lipinski definition) is 1. The van der Waals surface area contributed by atoms with Crippen molar-refractivity contribution in [2.75, 3.05) is 0 Å². The first-order chi connectivity index (χ1) is 4.97. The summed E-state index contributed by atoms with van der Waals surface area (Å²) in [5.74, 6) is 0. The molecule has 2 heteroatoms. The van der Waals surface area contributed by atoms with E-state index in [0.29, 0.717) is 0 Å². The summed E-state index contributed by atoms with van der Waals surface area (Å²) in [6.45, 7) is 0. The Labute approximate surface area is 62.0 Å². The molecule has 0 fully saturated rings. The van der Waals surface area contributed by atoms with E-state index in [1.165, 1.54) is 11.1 Å². The predicted molar refractivity (Wildman–Crippen MR) is 44.4 cm³/mol. The summed E-state index contributed by atoms with van der Waals surface area (Å²) in [6, 6.07) is 8.36. The highest BCUT2D eigenvalue weighted by Crippen LogP contribution is 2.21. The van der Waals surface area contributed by atoms with E-state index in [1.807, 2.05) is 0 Å². The first kappa shape index (κ1) is 7.17. The van der Waals surface area contributed by atoms with E-state index in [0.717, 1.165) is 0 Å². The third-order valence-electron chi connectivity index (χ3n) is 1.44. The summed E-state index contributed by atoms with van der Waals surface area (Å²) in [4.78, 5) is 0. The van der Waals surface area contributed by atoms with Crippen LogP contribution in [0, 0.1) is 0 Å². The van der Waals surface area contributed by atoms with Gasteiger partial charge in [0.05, 0.1) is 0 Å². The molecule has 1 aromatic rings. The Morgan fingerprint density at radius 2 is 1.30 bits per heavy atom. The van der Waals surface area contributed by atoms with Gasteiger partial charge in [0.2, 0.25) is 0 Å². The van der Waals surface area contributed by atoms with Crippen molar-refractivity contribution >= 4 is 21.3 Å². The lowest BCUT2D eigenvalue weighted by Crippen LogP contribution is -1.85. The smallest absolute Gasteiger partial charge is 0.138 e. The van der Waals surface area contributed by atoms with Crippen molar-refractivity contribution in [3.05, 3.63) is 35.4 Å². The van der Waals surface area contributed by atoms with Crippen LogP contribution in [0.5, 0.6) is 0 Å². The van der Waals surface area contributed by atoms with Crippen molar-refractivity contribution in [3.63, 3.8) is 0 Å². The minimum absolute atomic E-state index is 1.37. The maximum Gasteiger partial charge on any atom is 0.138 e. The third-order valence-corrected chi connectivity index (χ3v) is 1.44. The maximum atomic E-state index is 8.06. The molecule has 0 radical (unpaired) electrons. The van der Waals surface area contributed by atoms with E-state index < -0.39 is 0 Å². The van der Waals surface area contributed by atoms with Crippen LogP contribution in [0.1, 0.15) is 11.1 Å². The molecule has 0 aliphatic heterocycles. The third kappa shape index (κ3) is 1.14. The Morgan fingerprint density at radius 3 is 1.50 bits per heavy atom. The monoisotopic (exact) mass is 150 g/mol. The molecular formula is C8H7OP. The van der Waals surface area contributed by atoms with Gasteiger partial charge in [0.25, 0.3) is 0 Å². The van der Waals surface area contributed by atoms with Crippen LogP contribution in [-0.4, -0.2) is 0 Å². The minimum Gasteiger partial charge on any atom is -0.279 e. The molecule has 0 heterocycles. The fraction of sp³-hybridized carbons (Fsp3) is 0. The van der Waals surface area contributed by atoms with E-state index in [4.69, 9.17) is 4.57 Å². The first-order valence-corrected chi connectivity index (χ1v) is 3.35. The summed E-state index contributed by atoms with van der Waals surface area (Å²) in [6.07, 6.45) is 4.24. The Bertz CT molecular complexity index is 230. The standard InChI is InChI=1S/C8H6.HOP/c1-2-4-8-6-5-7(8)3-1;1-2/h1-6H;2H. The summed E-state index contributed by atoms with van der Waals surface area (Å²) in [7, 11) is 1.72. The summed E-state index contributed by atoms with van der Waals surface area (Å²) < 4.78 is 8.06. The molecule has 0 aromatic heterocycles. The topological polar surface area (TPSA) is 17.1 Å². The second-order valence-electron chi connectivity index (χ2n) is 1.96. The Morgan fingerprint density at radius 1 is 0.900 bits per heavy atom. The van der Waals surface area contributed by atoms with E-state index in [9.17, 15) is 0 Å². The number of hydrogen-bond donors (Lipinski definition) is 0. The van der Waals surface area contributed by atoms with E-state index in [1.54, 1.807) is 9.12 Å². The quantitative estimate of drug-likeness (QED) is 0.527. The number of fused-ring (bicyclic) bond motifs is 1. The minimum atomic E-state index is 1.37. The van der Waals surface area contributed by atoms with Crippen LogP contribution in [0.15, 0.2) is 24.3 Å². The highest BCUT2D eigenvalue weighted by atomic mass is 31.0. The van der Waals surface area contributed by atoms with Crippen molar-refractivity contribution in [3.8, 4) is 0 Å². The molecule has 0 N–H and O–H groups in total. The highest BCUT2D eigenvalue weighted by Gasteiger charge is 1.99. The normalized spacial score (nSPS) is 10.4. The van der Waals surface area contributed by atoms with Gasteiger partial charge in [-0.1, -0.05) is 36.4 Å². The molecule has 1 nitrogen and oxygen atoms in total. The lowest BCUT2D eigenvalue weighted by molar-refractivity contribution is 0.607. The molecule has 0 spiro atoms. The summed E-state index contributed by atoms with van der Waals surface area (Å²) in [5, 5.41) is 0. The SMILES string of the molecule is C1=Cc2ccccc21.O=P. The van der Waals surface area contributed by atoms with Gasteiger partial charge in [-0.3, -0.25) is 4.57 Å². The molecule has 0 bridgehead atoms.